The fourth-order valence-corrected chi connectivity index (χ4v) is 1.37. The molecular weight excluding hydrogens is 174 g/mol. The van der Waals surface area contributed by atoms with Gasteiger partial charge in [0.1, 0.15) is 6.07 Å². The van der Waals surface area contributed by atoms with E-state index in [2.05, 4.69) is 10.2 Å². The van der Waals surface area contributed by atoms with E-state index in [0.717, 1.165) is 18.4 Å². The minimum Gasteiger partial charge on any atom is -0.191 e. The molecule has 0 atom stereocenters. The van der Waals surface area contributed by atoms with Gasteiger partial charge >= 0.3 is 0 Å². The van der Waals surface area contributed by atoms with Crippen LogP contribution in [0.4, 0.5) is 0 Å². The van der Waals surface area contributed by atoms with Gasteiger partial charge in [-0.25, -0.2) is 0 Å². The van der Waals surface area contributed by atoms with Crippen molar-refractivity contribution in [3.8, 4) is 6.07 Å². The molecular formula is C8H6ClN3. The average molecular weight is 180 g/mol. The zero-order chi connectivity index (χ0) is 8.55. The van der Waals surface area contributed by atoms with Gasteiger partial charge in [-0.2, -0.15) is 5.26 Å². The van der Waals surface area contributed by atoms with E-state index < -0.39 is 0 Å². The highest BCUT2D eigenvalue weighted by atomic mass is 35.5. The normalized spacial score (nSPS) is 15.7. The SMILES string of the molecule is N#Cc1cc(C2CC2)c(Cl)nn1. The number of nitrogens with zero attached hydrogens (tertiary/aromatic N) is 3. The Balaban J connectivity index is 2.44. The molecule has 2 rings (SSSR count). The molecule has 0 saturated heterocycles. The molecule has 0 radical (unpaired) electrons. The number of hydrogen-bond donors (Lipinski definition) is 0. The van der Waals surface area contributed by atoms with Crippen LogP contribution in [0.3, 0.4) is 0 Å². The van der Waals surface area contributed by atoms with E-state index in [0.29, 0.717) is 16.8 Å². The average Bonchev–Trinajstić information content (AvgIpc) is 2.88. The highest BCUT2D eigenvalue weighted by molar-refractivity contribution is 6.30. The van der Waals surface area contributed by atoms with Crippen LogP contribution in [0, 0.1) is 11.3 Å². The number of halogens is 1. The molecule has 0 aromatic carbocycles. The van der Waals surface area contributed by atoms with Crippen molar-refractivity contribution >= 4 is 11.6 Å². The van der Waals surface area contributed by atoms with Crippen molar-refractivity contribution in [3.63, 3.8) is 0 Å². The van der Waals surface area contributed by atoms with Gasteiger partial charge in [0.2, 0.25) is 0 Å². The summed E-state index contributed by atoms with van der Waals surface area (Å²) in [6.07, 6.45) is 2.30. The Kier molecular flexibility index (Phi) is 1.70. The van der Waals surface area contributed by atoms with E-state index in [1.165, 1.54) is 0 Å². The molecule has 1 fully saturated rings. The first-order chi connectivity index (χ1) is 5.81. The van der Waals surface area contributed by atoms with Crippen molar-refractivity contribution in [2.45, 2.75) is 18.8 Å². The Morgan fingerprint density at radius 2 is 2.25 bits per heavy atom. The molecule has 1 aliphatic rings. The highest BCUT2D eigenvalue weighted by Gasteiger charge is 2.26. The van der Waals surface area contributed by atoms with Crippen LogP contribution in [-0.4, -0.2) is 10.2 Å². The third kappa shape index (κ3) is 1.26. The van der Waals surface area contributed by atoms with Gasteiger partial charge in [0.25, 0.3) is 0 Å². The standard InChI is InChI=1S/C8H6ClN3/c9-8-7(5-1-2-5)3-6(4-10)11-12-8/h3,5H,1-2H2. The van der Waals surface area contributed by atoms with E-state index in [1.807, 2.05) is 6.07 Å². The fraction of sp³-hybridized carbons (Fsp3) is 0.375. The number of hydrogen-bond acceptors (Lipinski definition) is 3. The Labute approximate surface area is 75.0 Å². The lowest BCUT2D eigenvalue weighted by Gasteiger charge is -1.98. The van der Waals surface area contributed by atoms with E-state index in [-0.39, 0.29) is 0 Å². The van der Waals surface area contributed by atoms with Gasteiger partial charge in [-0.3, -0.25) is 0 Å². The fourth-order valence-electron chi connectivity index (χ4n) is 1.13. The quantitative estimate of drug-likeness (QED) is 0.662. The smallest absolute Gasteiger partial charge is 0.163 e. The zero-order valence-electron chi connectivity index (χ0n) is 6.29. The van der Waals surface area contributed by atoms with E-state index in [4.69, 9.17) is 16.9 Å². The van der Waals surface area contributed by atoms with Crippen molar-refractivity contribution in [2.24, 2.45) is 0 Å². The molecule has 1 heterocycles. The van der Waals surface area contributed by atoms with Crippen molar-refractivity contribution in [2.75, 3.05) is 0 Å². The molecule has 1 saturated carbocycles. The summed E-state index contributed by atoms with van der Waals surface area (Å²) in [7, 11) is 0. The molecule has 0 spiro atoms. The molecule has 1 aromatic rings. The third-order valence-electron chi connectivity index (χ3n) is 1.91. The number of nitriles is 1. The van der Waals surface area contributed by atoms with Gasteiger partial charge in [0.15, 0.2) is 10.8 Å². The largest absolute Gasteiger partial charge is 0.191 e. The molecule has 1 aliphatic carbocycles. The first kappa shape index (κ1) is 7.51. The molecule has 0 unspecified atom stereocenters. The van der Waals surface area contributed by atoms with Gasteiger partial charge in [-0.1, -0.05) is 11.6 Å². The van der Waals surface area contributed by atoms with Crippen molar-refractivity contribution in [3.05, 3.63) is 22.5 Å². The van der Waals surface area contributed by atoms with Crippen molar-refractivity contribution in [1.29, 1.82) is 5.26 Å². The molecule has 1 aromatic heterocycles. The summed E-state index contributed by atoms with van der Waals surface area (Å²) >= 11 is 5.81. The van der Waals surface area contributed by atoms with Crippen LogP contribution in [0.15, 0.2) is 6.07 Å². The Hall–Kier alpha value is -1.14. The molecule has 0 N–H and O–H groups in total. The molecule has 0 amide bonds. The lowest BCUT2D eigenvalue weighted by Crippen LogP contribution is -1.92. The Morgan fingerprint density at radius 3 is 2.83 bits per heavy atom. The van der Waals surface area contributed by atoms with Crippen molar-refractivity contribution < 1.29 is 0 Å². The van der Waals surface area contributed by atoms with Crippen LogP contribution < -0.4 is 0 Å². The van der Waals surface area contributed by atoms with Gasteiger partial charge in [-0.15, -0.1) is 10.2 Å². The predicted molar refractivity (Wildman–Crippen MR) is 43.7 cm³/mol. The summed E-state index contributed by atoms with van der Waals surface area (Å²) < 4.78 is 0. The first-order valence-corrected chi connectivity index (χ1v) is 4.12. The van der Waals surface area contributed by atoms with Crippen LogP contribution >= 0.6 is 11.6 Å². The molecule has 3 nitrogen and oxygen atoms in total. The minimum absolute atomic E-state index is 0.348. The maximum atomic E-state index is 8.56. The van der Waals surface area contributed by atoms with Crippen molar-refractivity contribution in [1.82, 2.24) is 10.2 Å². The van der Waals surface area contributed by atoms with E-state index >= 15 is 0 Å². The lowest BCUT2D eigenvalue weighted by molar-refractivity contribution is 0.962. The predicted octanol–water partition coefficient (Wildman–Crippen LogP) is 1.88. The summed E-state index contributed by atoms with van der Waals surface area (Å²) in [6.45, 7) is 0. The van der Waals surface area contributed by atoms with Crippen LogP contribution in [0.2, 0.25) is 5.15 Å². The monoisotopic (exact) mass is 179 g/mol. The van der Waals surface area contributed by atoms with Gasteiger partial charge < -0.3 is 0 Å². The summed E-state index contributed by atoms with van der Waals surface area (Å²) in [5.41, 5.74) is 1.32. The first-order valence-electron chi connectivity index (χ1n) is 3.74. The summed E-state index contributed by atoms with van der Waals surface area (Å²) in [6, 6.07) is 3.67. The highest BCUT2D eigenvalue weighted by Crippen LogP contribution is 2.42. The lowest BCUT2D eigenvalue weighted by atomic mass is 10.2. The van der Waals surface area contributed by atoms with Crippen LogP contribution in [-0.2, 0) is 0 Å². The molecule has 0 bridgehead atoms. The topological polar surface area (TPSA) is 49.6 Å². The van der Waals surface area contributed by atoms with Crippen LogP contribution in [0.5, 0.6) is 0 Å². The second-order valence-corrected chi connectivity index (χ2v) is 3.22. The second kappa shape index (κ2) is 2.72. The summed E-state index contributed by atoms with van der Waals surface area (Å²) in [5, 5.41) is 16.3. The summed E-state index contributed by atoms with van der Waals surface area (Å²) in [5.74, 6) is 0.514. The van der Waals surface area contributed by atoms with E-state index in [1.54, 1.807) is 6.07 Å². The van der Waals surface area contributed by atoms with Gasteiger partial charge in [-0.05, 0) is 30.4 Å². The van der Waals surface area contributed by atoms with E-state index in [9.17, 15) is 0 Å². The molecule has 4 heteroatoms. The maximum Gasteiger partial charge on any atom is 0.163 e. The maximum absolute atomic E-state index is 8.56. The van der Waals surface area contributed by atoms with Gasteiger partial charge in [0.05, 0.1) is 0 Å². The van der Waals surface area contributed by atoms with Crippen LogP contribution in [0.25, 0.3) is 0 Å². The van der Waals surface area contributed by atoms with Crippen LogP contribution in [0.1, 0.15) is 30.0 Å². The zero-order valence-corrected chi connectivity index (χ0v) is 7.04. The Morgan fingerprint density at radius 1 is 1.50 bits per heavy atom. The second-order valence-electron chi connectivity index (χ2n) is 2.86. The molecule has 0 aliphatic heterocycles. The Bertz CT molecular complexity index is 352. The summed E-state index contributed by atoms with van der Waals surface area (Å²) in [4.78, 5) is 0. The number of rotatable bonds is 1. The molecule has 60 valence electrons. The third-order valence-corrected chi connectivity index (χ3v) is 2.20. The minimum atomic E-state index is 0.348. The number of aromatic nitrogens is 2. The van der Waals surface area contributed by atoms with Gasteiger partial charge in [0, 0.05) is 0 Å². The molecule has 12 heavy (non-hydrogen) atoms.